The van der Waals surface area contributed by atoms with Crippen LogP contribution >= 0.6 is 0 Å². The molecule has 0 radical (unpaired) electrons. The van der Waals surface area contributed by atoms with Gasteiger partial charge in [0.1, 0.15) is 5.82 Å². The van der Waals surface area contributed by atoms with Gasteiger partial charge in [-0.1, -0.05) is 20.8 Å². The van der Waals surface area contributed by atoms with Crippen molar-refractivity contribution in [2.45, 2.75) is 33.7 Å². The third-order valence-electron chi connectivity index (χ3n) is 3.68. The number of anilines is 1. The maximum absolute atomic E-state index is 13.3. The van der Waals surface area contributed by atoms with Gasteiger partial charge in [0, 0.05) is 12.2 Å². The zero-order chi connectivity index (χ0) is 15.0. The molecule has 0 unspecified atom stereocenters. The van der Waals surface area contributed by atoms with Crippen LogP contribution in [0.1, 0.15) is 32.8 Å². The molecule has 0 aliphatic carbocycles. The van der Waals surface area contributed by atoms with Crippen molar-refractivity contribution in [1.82, 2.24) is 9.80 Å². The second kappa shape index (κ2) is 8.93. The number of nitrogen functional groups attached to an aromatic ring is 1. The van der Waals surface area contributed by atoms with Gasteiger partial charge in [-0.3, -0.25) is 4.90 Å². The average molecular weight is 281 g/mol. The SMILES string of the molecule is CCN(CC)CCCN(CC)Cc1cc(N)cc(F)c1. The Balaban J connectivity index is 2.46. The van der Waals surface area contributed by atoms with Gasteiger partial charge in [0.25, 0.3) is 0 Å². The molecule has 0 aliphatic heterocycles. The lowest BCUT2D eigenvalue weighted by Crippen LogP contribution is -2.29. The summed E-state index contributed by atoms with van der Waals surface area (Å²) in [5.41, 5.74) is 7.14. The van der Waals surface area contributed by atoms with Gasteiger partial charge in [-0.25, -0.2) is 4.39 Å². The quantitative estimate of drug-likeness (QED) is 0.706. The summed E-state index contributed by atoms with van der Waals surface area (Å²) in [7, 11) is 0. The van der Waals surface area contributed by atoms with Gasteiger partial charge in [-0.15, -0.1) is 0 Å². The molecule has 3 nitrogen and oxygen atoms in total. The Morgan fingerprint density at radius 1 is 0.950 bits per heavy atom. The number of hydrogen-bond acceptors (Lipinski definition) is 3. The number of nitrogens with zero attached hydrogens (tertiary/aromatic N) is 2. The molecule has 1 aromatic rings. The first-order valence-electron chi connectivity index (χ1n) is 7.58. The fourth-order valence-corrected chi connectivity index (χ4v) is 2.43. The summed E-state index contributed by atoms with van der Waals surface area (Å²) in [6.45, 7) is 12.6. The van der Waals surface area contributed by atoms with Gasteiger partial charge >= 0.3 is 0 Å². The predicted molar refractivity (Wildman–Crippen MR) is 84.2 cm³/mol. The van der Waals surface area contributed by atoms with E-state index in [2.05, 4.69) is 30.6 Å². The van der Waals surface area contributed by atoms with E-state index in [1.54, 1.807) is 6.07 Å². The Bertz CT molecular complexity index is 371. The molecule has 0 saturated heterocycles. The summed E-state index contributed by atoms with van der Waals surface area (Å²) in [5.74, 6) is -0.251. The molecular weight excluding hydrogens is 253 g/mol. The second-order valence-corrected chi connectivity index (χ2v) is 5.14. The zero-order valence-corrected chi connectivity index (χ0v) is 13.0. The highest BCUT2D eigenvalue weighted by Crippen LogP contribution is 2.13. The summed E-state index contributed by atoms with van der Waals surface area (Å²) in [5, 5.41) is 0. The molecule has 0 aromatic heterocycles. The van der Waals surface area contributed by atoms with E-state index in [1.807, 2.05) is 6.07 Å². The molecule has 0 aliphatic rings. The van der Waals surface area contributed by atoms with Crippen LogP contribution in [0.2, 0.25) is 0 Å². The molecule has 0 fully saturated rings. The molecule has 0 spiro atoms. The van der Waals surface area contributed by atoms with Crippen LogP contribution in [0.5, 0.6) is 0 Å². The Morgan fingerprint density at radius 2 is 1.55 bits per heavy atom. The number of halogens is 1. The molecule has 0 bridgehead atoms. The highest BCUT2D eigenvalue weighted by atomic mass is 19.1. The van der Waals surface area contributed by atoms with E-state index in [4.69, 9.17) is 5.73 Å². The van der Waals surface area contributed by atoms with Crippen molar-refractivity contribution in [3.63, 3.8) is 0 Å². The van der Waals surface area contributed by atoms with Gasteiger partial charge in [0.05, 0.1) is 0 Å². The molecule has 114 valence electrons. The van der Waals surface area contributed by atoms with Gasteiger partial charge in [0.15, 0.2) is 0 Å². The summed E-state index contributed by atoms with van der Waals surface area (Å²) in [6, 6.07) is 4.79. The highest BCUT2D eigenvalue weighted by molar-refractivity contribution is 5.41. The van der Waals surface area contributed by atoms with Crippen LogP contribution in [0, 0.1) is 5.82 Å². The van der Waals surface area contributed by atoms with Crippen molar-refractivity contribution in [2.24, 2.45) is 0 Å². The van der Waals surface area contributed by atoms with Gasteiger partial charge in [0.2, 0.25) is 0 Å². The maximum atomic E-state index is 13.3. The van der Waals surface area contributed by atoms with Crippen LogP contribution in [0.25, 0.3) is 0 Å². The molecule has 2 N–H and O–H groups in total. The van der Waals surface area contributed by atoms with Crippen LogP contribution < -0.4 is 5.73 Å². The van der Waals surface area contributed by atoms with E-state index >= 15 is 0 Å². The molecule has 4 heteroatoms. The average Bonchev–Trinajstić information content (AvgIpc) is 2.41. The summed E-state index contributed by atoms with van der Waals surface area (Å²) < 4.78 is 13.3. The highest BCUT2D eigenvalue weighted by Gasteiger charge is 2.07. The molecule has 0 amide bonds. The lowest BCUT2D eigenvalue weighted by Gasteiger charge is -2.23. The fraction of sp³-hybridized carbons (Fsp3) is 0.625. The van der Waals surface area contributed by atoms with Crippen LogP contribution in [0.4, 0.5) is 10.1 Å². The van der Waals surface area contributed by atoms with Gasteiger partial charge in [-0.2, -0.15) is 0 Å². The molecule has 0 heterocycles. The van der Waals surface area contributed by atoms with Gasteiger partial charge < -0.3 is 10.6 Å². The standard InChI is InChI=1S/C16H28FN3/c1-4-19(5-2)8-7-9-20(6-3)13-14-10-15(17)12-16(18)11-14/h10-12H,4-9,13,18H2,1-3H3. The minimum atomic E-state index is -0.251. The Labute approximate surface area is 122 Å². The summed E-state index contributed by atoms with van der Waals surface area (Å²) >= 11 is 0. The van der Waals surface area contributed by atoms with Crippen molar-refractivity contribution < 1.29 is 4.39 Å². The zero-order valence-electron chi connectivity index (χ0n) is 13.0. The van der Waals surface area contributed by atoms with Crippen molar-refractivity contribution in [1.29, 1.82) is 0 Å². The van der Waals surface area contributed by atoms with Crippen molar-refractivity contribution in [2.75, 3.05) is 38.5 Å². The Hall–Kier alpha value is -1.13. The topological polar surface area (TPSA) is 32.5 Å². The Kier molecular flexibility index (Phi) is 7.55. The number of rotatable bonds is 9. The van der Waals surface area contributed by atoms with E-state index in [-0.39, 0.29) is 5.82 Å². The molecule has 0 atom stereocenters. The van der Waals surface area contributed by atoms with E-state index in [0.29, 0.717) is 5.69 Å². The lowest BCUT2D eigenvalue weighted by molar-refractivity contribution is 0.238. The maximum Gasteiger partial charge on any atom is 0.125 e. The van der Waals surface area contributed by atoms with E-state index < -0.39 is 0 Å². The van der Waals surface area contributed by atoms with Crippen molar-refractivity contribution in [3.05, 3.63) is 29.6 Å². The molecule has 1 aromatic carbocycles. The first-order valence-corrected chi connectivity index (χ1v) is 7.58. The normalized spacial score (nSPS) is 11.5. The van der Waals surface area contributed by atoms with Crippen molar-refractivity contribution in [3.8, 4) is 0 Å². The monoisotopic (exact) mass is 281 g/mol. The fourth-order valence-electron chi connectivity index (χ4n) is 2.43. The summed E-state index contributed by atoms with van der Waals surface area (Å²) in [6.07, 6.45) is 1.14. The lowest BCUT2D eigenvalue weighted by atomic mass is 10.1. The summed E-state index contributed by atoms with van der Waals surface area (Å²) in [4.78, 5) is 4.76. The molecular formula is C16H28FN3. The number of nitrogens with two attached hydrogens (primary N) is 1. The van der Waals surface area contributed by atoms with Crippen molar-refractivity contribution >= 4 is 5.69 Å². The second-order valence-electron chi connectivity index (χ2n) is 5.14. The van der Waals surface area contributed by atoms with E-state index in [0.717, 1.165) is 51.3 Å². The van der Waals surface area contributed by atoms with Crippen LogP contribution in [0.15, 0.2) is 18.2 Å². The smallest absolute Gasteiger partial charge is 0.125 e. The first kappa shape index (κ1) is 16.9. The minimum Gasteiger partial charge on any atom is -0.399 e. The largest absolute Gasteiger partial charge is 0.399 e. The van der Waals surface area contributed by atoms with E-state index in [1.165, 1.54) is 6.07 Å². The predicted octanol–water partition coefficient (Wildman–Crippen LogP) is 2.96. The number of hydrogen-bond donors (Lipinski definition) is 1. The van der Waals surface area contributed by atoms with Crippen LogP contribution in [0.3, 0.4) is 0 Å². The number of benzene rings is 1. The molecule has 0 saturated carbocycles. The molecule has 20 heavy (non-hydrogen) atoms. The molecule has 1 rings (SSSR count). The van der Waals surface area contributed by atoms with Crippen LogP contribution in [-0.4, -0.2) is 42.5 Å². The third-order valence-corrected chi connectivity index (χ3v) is 3.68. The Morgan fingerprint density at radius 3 is 2.10 bits per heavy atom. The van der Waals surface area contributed by atoms with Gasteiger partial charge in [-0.05, 0) is 62.9 Å². The third kappa shape index (κ3) is 5.88. The van der Waals surface area contributed by atoms with Crippen LogP contribution in [-0.2, 0) is 6.54 Å². The van der Waals surface area contributed by atoms with E-state index in [9.17, 15) is 4.39 Å². The minimum absolute atomic E-state index is 0.251. The first-order chi connectivity index (χ1) is 9.58.